The standard InChI is InChI=1S/C21H21FN2O7S/c1-12(23)13-2-5-16(15(22)10-13)31-21(30)17-6-3-14(32-17)4-7-18(25)24(11-20(28)29)9-8-19(26)27/h2-3,5-6,10H,1,4,7-9,11,23H2,(H,26,27)(H,28,29). The van der Waals surface area contributed by atoms with Crippen LogP contribution in [0.4, 0.5) is 4.39 Å². The molecule has 4 N–H and O–H groups in total. The Morgan fingerprint density at radius 3 is 2.41 bits per heavy atom. The Hall–Kier alpha value is -3.73. The first-order valence-corrected chi connectivity index (χ1v) is 10.1. The van der Waals surface area contributed by atoms with Gasteiger partial charge in [-0.1, -0.05) is 6.58 Å². The van der Waals surface area contributed by atoms with Gasteiger partial charge in [-0.2, -0.15) is 0 Å². The van der Waals surface area contributed by atoms with Crippen LogP contribution in [0.3, 0.4) is 0 Å². The fourth-order valence-electron chi connectivity index (χ4n) is 2.63. The Kier molecular flexibility index (Phi) is 8.47. The third-order valence-corrected chi connectivity index (χ3v) is 5.35. The van der Waals surface area contributed by atoms with Crippen LogP contribution < -0.4 is 10.5 Å². The van der Waals surface area contributed by atoms with Crippen molar-refractivity contribution < 1.29 is 38.5 Å². The van der Waals surface area contributed by atoms with E-state index in [0.29, 0.717) is 10.4 Å². The number of benzene rings is 1. The fraction of sp³-hybridized carbons (Fsp3) is 0.238. The third kappa shape index (κ3) is 7.20. The summed E-state index contributed by atoms with van der Waals surface area (Å²) in [7, 11) is 0. The number of aryl methyl sites for hydroxylation is 1. The number of carboxylic acids is 2. The molecule has 0 atom stereocenters. The zero-order valence-corrected chi connectivity index (χ0v) is 17.7. The van der Waals surface area contributed by atoms with Crippen LogP contribution in [-0.4, -0.2) is 52.0 Å². The number of carbonyl (C=O) groups excluding carboxylic acids is 2. The quantitative estimate of drug-likeness (QED) is 0.339. The summed E-state index contributed by atoms with van der Waals surface area (Å²) in [6.45, 7) is 2.68. The lowest BCUT2D eigenvalue weighted by molar-refractivity contribution is -0.146. The zero-order valence-electron chi connectivity index (χ0n) is 16.9. The average Bonchev–Trinajstić information content (AvgIpc) is 3.19. The molecule has 0 fully saturated rings. The highest BCUT2D eigenvalue weighted by atomic mass is 32.1. The van der Waals surface area contributed by atoms with Crippen molar-refractivity contribution in [1.29, 1.82) is 0 Å². The van der Waals surface area contributed by atoms with Crippen LogP contribution in [0.1, 0.15) is 33.0 Å². The van der Waals surface area contributed by atoms with Crippen LogP contribution in [0, 0.1) is 5.82 Å². The summed E-state index contributed by atoms with van der Waals surface area (Å²) in [4.78, 5) is 48.0. The topological polar surface area (TPSA) is 147 Å². The van der Waals surface area contributed by atoms with Crippen molar-refractivity contribution in [2.45, 2.75) is 19.3 Å². The predicted octanol–water partition coefficient (Wildman–Crippen LogP) is 2.36. The van der Waals surface area contributed by atoms with Crippen LogP contribution in [-0.2, 0) is 20.8 Å². The minimum absolute atomic E-state index is 0.0685. The maximum absolute atomic E-state index is 14.1. The monoisotopic (exact) mass is 464 g/mol. The lowest BCUT2D eigenvalue weighted by Gasteiger charge is -2.19. The average molecular weight is 464 g/mol. The molecule has 2 aromatic rings. The van der Waals surface area contributed by atoms with E-state index >= 15 is 0 Å². The van der Waals surface area contributed by atoms with Gasteiger partial charge in [0, 0.05) is 23.5 Å². The first kappa shape index (κ1) is 24.5. The van der Waals surface area contributed by atoms with Gasteiger partial charge in [-0.05, 0) is 42.3 Å². The summed E-state index contributed by atoms with van der Waals surface area (Å²) in [6.07, 6.45) is -0.229. The van der Waals surface area contributed by atoms with E-state index in [9.17, 15) is 23.6 Å². The van der Waals surface area contributed by atoms with Crippen molar-refractivity contribution in [3.63, 3.8) is 0 Å². The van der Waals surface area contributed by atoms with E-state index in [1.54, 1.807) is 6.07 Å². The number of ether oxygens (including phenoxy) is 1. The van der Waals surface area contributed by atoms with E-state index in [1.165, 1.54) is 18.2 Å². The Morgan fingerprint density at radius 1 is 1.09 bits per heavy atom. The van der Waals surface area contributed by atoms with E-state index in [1.807, 2.05) is 0 Å². The molecule has 1 aromatic heterocycles. The van der Waals surface area contributed by atoms with E-state index in [0.717, 1.165) is 22.3 Å². The predicted molar refractivity (Wildman–Crippen MR) is 114 cm³/mol. The number of thiophene rings is 1. The molecule has 9 nitrogen and oxygen atoms in total. The molecule has 0 radical (unpaired) electrons. The largest absolute Gasteiger partial charge is 0.481 e. The smallest absolute Gasteiger partial charge is 0.353 e. The summed E-state index contributed by atoms with van der Waals surface area (Å²) in [6, 6.07) is 6.91. The van der Waals surface area contributed by atoms with Crippen molar-refractivity contribution in [3.8, 4) is 5.75 Å². The molecule has 1 heterocycles. The van der Waals surface area contributed by atoms with Crippen molar-refractivity contribution in [1.82, 2.24) is 4.90 Å². The molecular weight excluding hydrogens is 443 g/mol. The molecule has 1 aromatic carbocycles. The fourth-order valence-corrected chi connectivity index (χ4v) is 3.51. The lowest BCUT2D eigenvalue weighted by Crippen LogP contribution is -2.37. The highest BCUT2D eigenvalue weighted by Gasteiger charge is 2.19. The van der Waals surface area contributed by atoms with Crippen molar-refractivity contribution in [2.24, 2.45) is 5.73 Å². The van der Waals surface area contributed by atoms with Crippen molar-refractivity contribution >= 4 is 40.8 Å². The number of hydrogen-bond acceptors (Lipinski definition) is 7. The number of halogens is 1. The van der Waals surface area contributed by atoms with Crippen LogP contribution in [0.25, 0.3) is 5.70 Å². The zero-order chi connectivity index (χ0) is 23.8. The lowest BCUT2D eigenvalue weighted by atomic mass is 10.1. The number of nitrogens with zero attached hydrogens (tertiary/aromatic N) is 1. The van der Waals surface area contributed by atoms with Gasteiger partial charge in [-0.3, -0.25) is 14.4 Å². The minimum atomic E-state index is -1.25. The number of aliphatic carboxylic acids is 2. The van der Waals surface area contributed by atoms with E-state index < -0.39 is 36.2 Å². The summed E-state index contributed by atoms with van der Waals surface area (Å²) >= 11 is 1.05. The Morgan fingerprint density at radius 2 is 1.81 bits per heavy atom. The summed E-state index contributed by atoms with van der Waals surface area (Å²) < 4.78 is 19.2. The molecule has 2 rings (SSSR count). The van der Waals surface area contributed by atoms with E-state index in [2.05, 4.69) is 6.58 Å². The molecule has 0 aliphatic rings. The Bertz CT molecular complexity index is 1050. The van der Waals surface area contributed by atoms with Crippen molar-refractivity contribution in [2.75, 3.05) is 13.1 Å². The highest BCUT2D eigenvalue weighted by molar-refractivity contribution is 7.13. The molecular formula is C21H21FN2O7S. The second kappa shape index (κ2) is 11.0. The second-order valence-electron chi connectivity index (χ2n) is 6.68. The molecule has 0 aliphatic heterocycles. The number of carbonyl (C=O) groups is 4. The van der Waals surface area contributed by atoms with Gasteiger partial charge in [-0.15, -0.1) is 11.3 Å². The molecule has 0 spiro atoms. The molecule has 0 bridgehead atoms. The minimum Gasteiger partial charge on any atom is -0.481 e. The maximum atomic E-state index is 14.1. The van der Waals surface area contributed by atoms with Crippen LogP contribution >= 0.6 is 11.3 Å². The van der Waals surface area contributed by atoms with Crippen LogP contribution in [0.5, 0.6) is 5.75 Å². The number of hydrogen-bond donors (Lipinski definition) is 3. The van der Waals surface area contributed by atoms with Gasteiger partial charge in [0.1, 0.15) is 11.4 Å². The van der Waals surface area contributed by atoms with Gasteiger partial charge in [0.15, 0.2) is 11.6 Å². The van der Waals surface area contributed by atoms with Crippen LogP contribution in [0.15, 0.2) is 36.9 Å². The summed E-state index contributed by atoms with van der Waals surface area (Å²) in [5.74, 6) is -4.73. The first-order chi connectivity index (χ1) is 15.1. The van der Waals surface area contributed by atoms with Gasteiger partial charge < -0.3 is 25.6 Å². The maximum Gasteiger partial charge on any atom is 0.353 e. The SMILES string of the molecule is C=C(N)c1ccc(OC(=O)c2ccc(CCC(=O)N(CCC(=O)O)CC(=O)O)s2)c(F)c1. The van der Waals surface area contributed by atoms with Gasteiger partial charge in [-0.25, -0.2) is 9.18 Å². The number of rotatable bonds is 11. The summed E-state index contributed by atoms with van der Waals surface area (Å²) in [5, 5.41) is 17.6. The molecule has 11 heteroatoms. The molecule has 0 saturated heterocycles. The molecule has 170 valence electrons. The highest BCUT2D eigenvalue weighted by Crippen LogP contribution is 2.24. The van der Waals surface area contributed by atoms with Gasteiger partial charge in [0.2, 0.25) is 5.91 Å². The van der Waals surface area contributed by atoms with Crippen molar-refractivity contribution in [3.05, 3.63) is 58.0 Å². The Balaban J connectivity index is 1.97. The van der Waals surface area contributed by atoms with Gasteiger partial charge >= 0.3 is 17.9 Å². The second-order valence-corrected chi connectivity index (χ2v) is 7.85. The number of nitrogens with two attached hydrogens (primary N) is 1. The number of carboxylic acid groups (broad SMARTS) is 2. The summed E-state index contributed by atoms with van der Waals surface area (Å²) in [5.41, 5.74) is 6.04. The van der Waals surface area contributed by atoms with Gasteiger partial charge in [0.05, 0.1) is 6.42 Å². The third-order valence-electron chi connectivity index (χ3n) is 4.23. The first-order valence-electron chi connectivity index (χ1n) is 9.33. The van der Waals surface area contributed by atoms with E-state index in [-0.39, 0.29) is 42.1 Å². The Labute approximate surface area is 186 Å². The molecule has 0 saturated carbocycles. The van der Waals surface area contributed by atoms with Gasteiger partial charge in [0.25, 0.3) is 0 Å². The molecule has 0 unspecified atom stereocenters. The molecule has 32 heavy (non-hydrogen) atoms. The molecule has 0 aliphatic carbocycles. The number of amides is 1. The number of esters is 1. The van der Waals surface area contributed by atoms with E-state index in [4.69, 9.17) is 20.7 Å². The van der Waals surface area contributed by atoms with Crippen LogP contribution in [0.2, 0.25) is 0 Å². The normalized spacial score (nSPS) is 10.4. The molecule has 1 amide bonds.